The van der Waals surface area contributed by atoms with Gasteiger partial charge in [-0.3, -0.25) is 0 Å². The van der Waals surface area contributed by atoms with E-state index < -0.39 is 46.5 Å². The highest BCUT2D eigenvalue weighted by Crippen LogP contribution is 2.50. The van der Waals surface area contributed by atoms with Gasteiger partial charge in [-0.15, -0.1) is 0 Å². The summed E-state index contributed by atoms with van der Waals surface area (Å²) in [6.45, 7) is 31.0. The lowest BCUT2D eigenvalue weighted by Crippen LogP contribution is -2.13. The van der Waals surface area contributed by atoms with Crippen LogP contribution in [0.5, 0.6) is 0 Å². The van der Waals surface area contributed by atoms with Crippen LogP contribution < -0.4 is 0 Å². The first-order chi connectivity index (χ1) is 48.7. The smallest absolute Gasteiger partial charge is 0.307 e. The van der Waals surface area contributed by atoms with Crippen LogP contribution in [0.25, 0.3) is 142 Å². The monoisotopic (exact) mass is 1360 g/mol. The normalized spacial score (nSPS) is 12.1. The Hall–Kier alpha value is -12.3. The Labute approximate surface area is 579 Å². The van der Waals surface area contributed by atoms with Crippen LogP contribution in [0.1, 0.15) is 66.8 Å². The minimum Gasteiger partial charge on any atom is -0.307 e. The summed E-state index contributed by atoms with van der Waals surface area (Å²) in [7, 11) is 0. The van der Waals surface area contributed by atoms with Crippen molar-refractivity contribution in [3.63, 3.8) is 0 Å². The minimum absolute atomic E-state index is 0.151. The van der Waals surface area contributed by atoms with E-state index in [-0.39, 0.29) is 28.1 Å². The number of aromatic nitrogens is 4. The Morgan fingerprint density at radius 3 is 0.971 bits per heavy atom. The Bertz CT molecular complexity index is 6300. The van der Waals surface area contributed by atoms with Crippen LogP contribution in [-0.2, 0) is 18.5 Å². The number of alkyl halides is 9. The molecular weight excluding hydrogens is 1300 g/mol. The van der Waals surface area contributed by atoms with E-state index in [0.717, 1.165) is 162 Å². The number of para-hydroxylation sites is 6. The van der Waals surface area contributed by atoms with Gasteiger partial charge in [0.25, 0.3) is 0 Å². The molecule has 4 heterocycles. The molecule has 0 N–H and O–H groups in total. The van der Waals surface area contributed by atoms with Crippen molar-refractivity contribution in [2.45, 2.75) is 73.9 Å². The van der Waals surface area contributed by atoms with Gasteiger partial charge in [-0.2, -0.15) is 44.8 Å². The molecule has 0 amide bonds. The van der Waals surface area contributed by atoms with Crippen LogP contribution in [0.3, 0.4) is 0 Å². The molecule has 16 aromatic rings. The summed E-state index contributed by atoms with van der Waals surface area (Å²) < 4.78 is 140. The van der Waals surface area contributed by atoms with Crippen LogP contribution >= 0.6 is 0 Å². The first-order valence-electron chi connectivity index (χ1n) is 32.7. The fourth-order valence-electron chi connectivity index (χ4n) is 15.3. The molecule has 0 atom stereocenters. The minimum atomic E-state index is -4.98. The molecule has 0 aliphatic rings. The summed E-state index contributed by atoms with van der Waals surface area (Å²) in [5.41, 5.74) is 12.4. The molecule has 0 saturated carbocycles. The van der Waals surface area contributed by atoms with E-state index in [1.807, 2.05) is 141 Å². The molecule has 0 saturated heterocycles. The first-order valence-corrected chi connectivity index (χ1v) is 32.7. The molecule has 500 valence electrons. The van der Waals surface area contributed by atoms with Crippen LogP contribution in [0.2, 0.25) is 0 Å². The molecule has 102 heavy (non-hydrogen) atoms. The van der Waals surface area contributed by atoms with Gasteiger partial charge in [0.05, 0.1) is 97.2 Å². The maximum Gasteiger partial charge on any atom is 0.417 e. The average Bonchev–Trinajstić information content (AvgIpc) is 1.61. The number of hydrogen-bond acceptors (Lipinski definition) is 1. The summed E-state index contributed by atoms with van der Waals surface area (Å²) in [6.07, 6.45) is -14.5. The molecule has 16 rings (SSSR count). The molecular formula is C86H58F9N7. The van der Waals surface area contributed by atoms with Crippen molar-refractivity contribution < 1.29 is 39.5 Å². The predicted octanol–water partition coefficient (Wildman–Crippen LogP) is 25.6. The largest absolute Gasteiger partial charge is 0.417 e. The number of rotatable bonds is 6. The third kappa shape index (κ3) is 10.6. The third-order valence-electron chi connectivity index (χ3n) is 19.7. The van der Waals surface area contributed by atoms with Crippen LogP contribution in [0.4, 0.5) is 50.9 Å². The van der Waals surface area contributed by atoms with Gasteiger partial charge < -0.3 is 18.3 Å². The Balaban J connectivity index is 0.000000165. The highest BCUT2D eigenvalue weighted by Gasteiger charge is 2.39. The fourth-order valence-corrected chi connectivity index (χ4v) is 15.3. The van der Waals surface area contributed by atoms with Crippen molar-refractivity contribution in [2.75, 3.05) is 0 Å². The summed E-state index contributed by atoms with van der Waals surface area (Å²) in [4.78, 5) is 6.57. The van der Waals surface area contributed by atoms with Crippen LogP contribution in [-0.4, -0.2) is 18.3 Å². The molecule has 0 radical (unpaired) electrons. The zero-order valence-corrected chi connectivity index (χ0v) is 56.2. The maximum atomic E-state index is 15.5. The van der Waals surface area contributed by atoms with Gasteiger partial charge in [0.1, 0.15) is 0 Å². The van der Waals surface area contributed by atoms with E-state index in [1.165, 1.54) is 12.1 Å². The average molecular weight is 1360 g/mol. The topological polar surface area (TPSA) is 52.2 Å². The van der Waals surface area contributed by atoms with Crippen molar-refractivity contribution in [1.29, 1.82) is 5.26 Å². The van der Waals surface area contributed by atoms with Crippen LogP contribution in [0.15, 0.2) is 206 Å². The maximum absolute atomic E-state index is 15.5. The van der Waals surface area contributed by atoms with Gasteiger partial charge >= 0.3 is 18.5 Å². The SMILES string of the molecule is [C-]#[N+]c1cc(-c2cc(-n3c4cc(C)ccc4c4cccc(C)c43)c(-n3c4c(C)cccc4c4cccc(C)c43)cc2C#N)cc(C(F)(F)F)c1.[C-]#[N+]c1cc(-c2cc(-n3c4cc(C)ccc4c4cccc(C)c43)c(-n3c4c(C)cccc4c4cccc(C)c43)cc2C(F)(F)F)cc(C(F)(F)F)c1. The second-order valence-electron chi connectivity index (χ2n) is 26.3. The van der Waals surface area contributed by atoms with E-state index in [4.69, 9.17) is 13.1 Å². The molecule has 0 aliphatic heterocycles. The molecule has 4 aromatic heterocycles. The molecule has 0 aliphatic carbocycles. The fraction of sp³-hybridized carbons (Fsp3) is 0.128. The Morgan fingerprint density at radius 2 is 0.637 bits per heavy atom. The van der Waals surface area contributed by atoms with Gasteiger partial charge in [0.15, 0.2) is 11.4 Å². The molecule has 12 aromatic carbocycles. The lowest BCUT2D eigenvalue weighted by atomic mass is 9.94. The van der Waals surface area contributed by atoms with Gasteiger partial charge in [-0.25, -0.2) is 9.69 Å². The van der Waals surface area contributed by atoms with E-state index in [2.05, 4.69) is 100 Å². The second kappa shape index (κ2) is 24.0. The van der Waals surface area contributed by atoms with E-state index in [1.54, 1.807) is 6.07 Å². The van der Waals surface area contributed by atoms with E-state index in [0.29, 0.717) is 29.1 Å². The number of fused-ring (bicyclic) bond motifs is 12. The van der Waals surface area contributed by atoms with Gasteiger partial charge in [0, 0.05) is 59.8 Å². The molecule has 0 spiro atoms. The van der Waals surface area contributed by atoms with E-state index in [9.17, 15) is 31.6 Å². The zero-order chi connectivity index (χ0) is 71.9. The molecule has 0 fully saturated rings. The van der Waals surface area contributed by atoms with Crippen molar-refractivity contribution in [3.8, 4) is 51.1 Å². The molecule has 0 bridgehead atoms. The van der Waals surface area contributed by atoms with Gasteiger partial charge in [0.2, 0.25) is 0 Å². The van der Waals surface area contributed by atoms with Crippen LogP contribution in [0, 0.1) is 79.9 Å². The number of halogens is 9. The molecule has 7 nitrogen and oxygen atoms in total. The number of nitrogens with zero attached hydrogens (tertiary/aromatic N) is 7. The van der Waals surface area contributed by atoms with Gasteiger partial charge in [-0.1, -0.05) is 133 Å². The highest BCUT2D eigenvalue weighted by atomic mass is 19.4. The number of nitriles is 1. The highest BCUT2D eigenvalue weighted by molar-refractivity contribution is 6.16. The zero-order valence-electron chi connectivity index (χ0n) is 56.2. The van der Waals surface area contributed by atoms with Crippen molar-refractivity contribution in [1.82, 2.24) is 18.3 Å². The Kier molecular flexibility index (Phi) is 15.4. The summed E-state index contributed by atoms with van der Waals surface area (Å²) in [6, 6.07) is 62.3. The summed E-state index contributed by atoms with van der Waals surface area (Å²) in [5, 5.41) is 18.4. The number of hydrogen-bond donors (Lipinski definition) is 0. The molecule has 0 unspecified atom stereocenters. The summed E-state index contributed by atoms with van der Waals surface area (Å²) >= 11 is 0. The lowest BCUT2D eigenvalue weighted by Gasteiger charge is -2.23. The standard InChI is InChI=1S/C43H29F6N3.C43H29F3N4/c1-23-15-16-30-31-12-6-9-24(2)39(31)51(36(30)17-23)37-21-34(27-18-28(42(44,45)46)20-29(19-27)50-5)35(43(47,48)49)22-38(37)52-40-25(3)10-7-13-32(40)33-14-8-11-26(4)41(33)52;1-24-15-16-32-33-12-6-9-25(2)40(33)49(37(32)17-24)39-22-36(28-18-30(43(44,45)46)21-31(19-28)48-5)29(23-47)20-38(39)50-41-26(3)10-7-13-34(41)35-14-8-11-27(4)42(35)50/h6-22H,1-4H3;6-22H,1-4H3. The molecule has 16 heteroatoms. The van der Waals surface area contributed by atoms with Crippen molar-refractivity contribution in [3.05, 3.63) is 296 Å². The lowest BCUT2D eigenvalue weighted by molar-refractivity contribution is -0.138. The predicted molar refractivity (Wildman–Crippen MR) is 391 cm³/mol. The van der Waals surface area contributed by atoms with Gasteiger partial charge in [-0.05, 0) is 189 Å². The van der Waals surface area contributed by atoms with Crippen molar-refractivity contribution in [2.24, 2.45) is 0 Å². The quantitative estimate of drug-likeness (QED) is 0.121. The second-order valence-corrected chi connectivity index (χ2v) is 26.3. The van der Waals surface area contributed by atoms with Crippen molar-refractivity contribution >= 4 is 98.6 Å². The third-order valence-corrected chi connectivity index (χ3v) is 19.7. The first kappa shape index (κ1) is 65.6. The van der Waals surface area contributed by atoms with E-state index >= 15 is 13.2 Å². The number of aryl methyl sites for hydroxylation is 8. The summed E-state index contributed by atoms with van der Waals surface area (Å²) in [5.74, 6) is 0. The Morgan fingerprint density at radius 1 is 0.324 bits per heavy atom. The number of benzene rings is 12.